The molecule has 0 bridgehead atoms. The minimum Gasteiger partial charge on any atom is -0.463 e. The molecular formula is C14H23NO4. The van der Waals surface area contributed by atoms with E-state index >= 15 is 0 Å². The van der Waals surface area contributed by atoms with E-state index in [9.17, 15) is 9.90 Å². The van der Waals surface area contributed by atoms with Gasteiger partial charge in [0.2, 0.25) is 5.76 Å². The number of furan rings is 1. The summed E-state index contributed by atoms with van der Waals surface area (Å²) < 4.78 is 9.85. The van der Waals surface area contributed by atoms with Crippen molar-refractivity contribution in [2.75, 3.05) is 13.7 Å². The number of hydrogen-bond acceptors (Lipinski definition) is 5. The van der Waals surface area contributed by atoms with Gasteiger partial charge in [0.1, 0.15) is 5.76 Å². The molecule has 0 aliphatic rings. The standard InChI is InChI=1S/C14H23NO4/c1-14(2,3)7-10(16)8-15-9-11-5-6-12(19-11)13(17)18-4/h5-6,10,15-16H,7-9H2,1-4H3. The Bertz CT molecular complexity index is 406. The molecule has 0 aromatic carbocycles. The topological polar surface area (TPSA) is 71.7 Å². The number of nitrogens with one attached hydrogen (secondary N) is 1. The van der Waals surface area contributed by atoms with Crippen LogP contribution >= 0.6 is 0 Å². The van der Waals surface area contributed by atoms with E-state index in [-0.39, 0.29) is 11.2 Å². The van der Waals surface area contributed by atoms with Gasteiger partial charge in [0.15, 0.2) is 0 Å². The third kappa shape index (κ3) is 5.89. The van der Waals surface area contributed by atoms with Crippen LogP contribution in [0.3, 0.4) is 0 Å². The zero-order chi connectivity index (χ0) is 14.5. The predicted molar refractivity (Wildman–Crippen MR) is 71.8 cm³/mol. The second-order valence-electron chi connectivity index (χ2n) is 5.81. The Kier molecular flexibility index (Phi) is 5.57. The number of aliphatic hydroxyl groups is 1. The van der Waals surface area contributed by atoms with E-state index in [0.717, 1.165) is 6.42 Å². The molecule has 1 rings (SSSR count). The van der Waals surface area contributed by atoms with Crippen LogP contribution < -0.4 is 5.32 Å². The lowest BCUT2D eigenvalue weighted by atomic mass is 9.89. The highest BCUT2D eigenvalue weighted by atomic mass is 16.5. The van der Waals surface area contributed by atoms with Crippen molar-refractivity contribution in [3.63, 3.8) is 0 Å². The van der Waals surface area contributed by atoms with Crippen LogP contribution in [-0.2, 0) is 11.3 Å². The van der Waals surface area contributed by atoms with Crippen LogP contribution in [0.2, 0.25) is 0 Å². The van der Waals surface area contributed by atoms with E-state index in [0.29, 0.717) is 18.8 Å². The molecule has 0 spiro atoms. The molecule has 5 heteroatoms. The predicted octanol–water partition coefficient (Wildman–Crippen LogP) is 1.95. The lowest BCUT2D eigenvalue weighted by molar-refractivity contribution is 0.0562. The Morgan fingerprint density at radius 1 is 1.47 bits per heavy atom. The molecule has 1 heterocycles. The molecule has 0 aliphatic heterocycles. The fourth-order valence-electron chi connectivity index (χ4n) is 1.82. The van der Waals surface area contributed by atoms with Gasteiger partial charge in [0.25, 0.3) is 0 Å². The van der Waals surface area contributed by atoms with Gasteiger partial charge in [-0.1, -0.05) is 20.8 Å². The summed E-state index contributed by atoms with van der Waals surface area (Å²) in [5.74, 6) is 0.344. The van der Waals surface area contributed by atoms with Gasteiger partial charge in [0, 0.05) is 6.54 Å². The average Bonchev–Trinajstić information content (AvgIpc) is 2.74. The van der Waals surface area contributed by atoms with Crippen LogP contribution in [0.15, 0.2) is 16.5 Å². The summed E-state index contributed by atoms with van der Waals surface area (Å²) in [5.41, 5.74) is 0.101. The van der Waals surface area contributed by atoms with Gasteiger partial charge >= 0.3 is 5.97 Å². The Morgan fingerprint density at radius 3 is 2.74 bits per heavy atom. The molecule has 1 atom stereocenters. The van der Waals surface area contributed by atoms with E-state index in [4.69, 9.17) is 4.42 Å². The Morgan fingerprint density at radius 2 is 2.16 bits per heavy atom. The number of hydrogen-bond donors (Lipinski definition) is 2. The first-order chi connectivity index (χ1) is 8.81. The highest BCUT2D eigenvalue weighted by molar-refractivity contribution is 5.86. The number of esters is 1. The summed E-state index contributed by atoms with van der Waals surface area (Å²) in [6.07, 6.45) is 0.334. The molecule has 1 aromatic heterocycles. The minimum atomic E-state index is -0.487. The largest absolute Gasteiger partial charge is 0.463 e. The monoisotopic (exact) mass is 269 g/mol. The SMILES string of the molecule is COC(=O)c1ccc(CNCC(O)CC(C)(C)C)o1. The van der Waals surface area contributed by atoms with Crippen LogP contribution in [0.4, 0.5) is 0 Å². The number of rotatable bonds is 6. The van der Waals surface area contributed by atoms with Crippen molar-refractivity contribution in [2.45, 2.75) is 39.8 Å². The van der Waals surface area contributed by atoms with Gasteiger partial charge < -0.3 is 19.6 Å². The maximum absolute atomic E-state index is 11.2. The van der Waals surface area contributed by atoms with E-state index < -0.39 is 12.1 Å². The molecule has 0 fully saturated rings. The molecule has 19 heavy (non-hydrogen) atoms. The lowest BCUT2D eigenvalue weighted by Gasteiger charge is -2.22. The molecule has 108 valence electrons. The Hall–Kier alpha value is -1.33. The van der Waals surface area contributed by atoms with Crippen molar-refractivity contribution in [3.8, 4) is 0 Å². The summed E-state index contributed by atoms with van der Waals surface area (Å²) >= 11 is 0. The summed E-state index contributed by atoms with van der Waals surface area (Å²) in [6.45, 7) is 7.23. The van der Waals surface area contributed by atoms with Gasteiger partial charge in [-0.25, -0.2) is 4.79 Å². The third-order valence-electron chi connectivity index (χ3n) is 2.58. The maximum Gasteiger partial charge on any atom is 0.373 e. The molecule has 0 saturated carbocycles. The molecular weight excluding hydrogens is 246 g/mol. The quantitative estimate of drug-likeness (QED) is 0.772. The summed E-state index contributed by atoms with van der Waals surface area (Å²) in [7, 11) is 1.31. The van der Waals surface area contributed by atoms with Gasteiger partial charge in [-0.05, 0) is 24.0 Å². The van der Waals surface area contributed by atoms with Gasteiger partial charge in [-0.3, -0.25) is 0 Å². The van der Waals surface area contributed by atoms with E-state index in [1.54, 1.807) is 12.1 Å². The zero-order valence-corrected chi connectivity index (χ0v) is 12.0. The van der Waals surface area contributed by atoms with Gasteiger partial charge in [-0.2, -0.15) is 0 Å². The summed E-state index contributed by atoms with van der Waals surface area (Å²) in [6, 6.07) is 3.30. The minimum absolute atomic E-state index is 0.101. The van der Waals surface area contributed by atoms with E-state index in [1.807, 2.05) is 0 Å². The number of ether oxygens (including phenoxy) is 1. The third-order valence-corrected chi connectivity index (χ3v) is 2.58. The van der Waals surface area contributed by atoms with Gasteiger partial charge in [0.05, 0.1) is 19.8 Å². The molecule has 5 nitrogen and oxygen atoms in total. The second-order valence-corrected chi connectivity index (χ2v) is 5.81. The molecule has 1 aromatic rings. The van der Waals surface area contributed by atoms with Crippen molar-refractivity contribution in [1.82, 2.24) is 5.32 Å². The molecule has 2 N–H and O–H groups in total. The molecule has 0 saturated heterocycles. The first-order valence-electron chi connectivity index (χ1n) is 6.37. The van der Waals surface area contributed by atoms with Crippen LogP contribution in [0.5, 0.6) is 0 Å². The van der Waals surface area contributed by atoms with Crippen molar-refractivity contribution in [3.05, 3.63) is 23.7 Å². The van der Waals surface area contributed by atoms with Gasteiger partial charge in [-0.15, -0.1) is 0 Å². The van der Waals surface area contributed by atoms with Crippen molar-refractivity contribution < 1.29 is 19.1 Å². The van der Waals surface area contributed by atoms with E-state index in [2.05, 4.69) is 30.8 Å². The smallest absolute Gasteiger partial charge is 0.373 e. The van der Waals surface area contributed by atoms with E-state index in [1.165, 1.54) is 7.11 Å². The normalized spacial score (nSPS) is 13.3. The Labute approximate surface area is 113 Å². The van der Waals surface area contributed by atoms with Crippen LogP contribution in [0.1, 0.15) is 43.5 Å². The number of methoxy groups -OCH3 is 1. The number of carbonyl (C=O) groups is 1. The number of aliphatic hydroxyl groups excluding tert-OH is 1. The molecule has 0 radical (unpaired) electrons. The summed E-state index contributed by atoms with van der Waals surface area (Å²) in [4.78, 5) is 11.2. The van der Waals surface area contributed by atoms with Crippen molar-refractivity contribution >= 4 is 5.97 Å². The van der Waals surface area contributed by atoms with Crippen molar-refractivity contribution in [1.29, 1.82) is 0 Å². The average molecular weight is 269 g/mol. The molecule has 1 unspecified atom stereocenters. The fraction of sp³-hybridized carbons (Fsp3) is 0.643. The zero-order valence-electron chi connectivity index (χ0n) is 12.0. The second kappa shape index (κ2) is 6.73. The molecule has 0 aliphatic carbocycles. The Balaban J connectivity index is 2.33. The summed E-state index contributed by atoms with van der Waals surface area (Å²) in [5, 5.41) is 12.9. The highest BCUT2D eigenvalue weighted by Gasteiger charge is 2.16. The molecule has 0 amide bonds. The maximum atomic E-state index is 11.2. The van der Waals surface area contributed by atoms with Crippen LogP contribution in [-0.4, -0.2) is 30.8 Å². The lowest BCUT2D eigenvalue weighted by Crippen LogP contribution is -2.29. The fourth-order valence-corrected chi connectivity index (χ4v) is 1.82. The first-order valence-corrected chi connectivity index (χ1v) is 6.37. The highest BCUT2D eigenvalue weighted by Crippen LogP contribution is 2.20. The number of carbonyl (C=O) groups excluding carboxylic acids is 1. The van der Waals surface area contributed by atoms with Crippen LogP contribution in [0, 0.1) is 5.41 Å². The first kappa shape index (κ1) is 15.7. The van der Waals surface area contributed by atoms with Crippen molar-refractivity contribution in [2.24, 2.45) is 5.41 Å². The van der Waals surface area contributed by atoms with Crippen LogP contribution in [0.25, 0.3) is 0 Å².